The van der Waals surface area contributed by atoms with E-state index in [1.165, 1.54) is 12.1 Å². The molecule has 1 aliphatic carbocycles. The Bertz CT molecular complexity index is 408. The molecule has 0 saturated heterocycles. The fourth-order valence-electron chi connectivity index (χ4n) is 1.83. The lowest BCUT2D eigenvalue weighted by Gasteiger charge is -2.49. The van der Waals surface area contributed by atoms with Gasteiger partial charge in [0, 0.05) is 23.9 Å². The summed E-state index contributed by atoms with van der Waals surface area (Å²) < 4.78 is 18.9. The van der Waals surface area contributed by atoms with Crippen LogP contribution in [0.25, 0.3) is 0 Å². The van der Waals surface area contributed by atoms with Gasteiger partial charge in [0.1, 0.15) is 17.7 Å². The van der Waals surface area contributed by atoms with E-state index in [4.69, 9.17) is 22.1 Å². The number of ether oxygens (including phenoxy) is 1. The third kappa shape index (κ3) is 1.89. The minimum absolute atomic E-state index is 0.0445. The van der Waals surface area contributed by atoms with Gasteiger partial charge in [0.05, 0.1) is 5.02 Å². The highest BCUT2D eigenvalue weighted by Gasteiger charge is 2.47. The van der Waals surface area contributed by atoms with Crippen molar-refractivity contribution in [2.75, 3.05) is 0 Å². The number of nitrogens with two attached hydrogens (primary N) is 1. The molecule has 1 aliphatic rings. The smallest absolute Gasteiger partial charge is 0.145 e. The minimum atomic E-state index is -0.458. The van der Waals surface area contributed by atoms with Gasteiger partial charge in [-0.2, -0.15) is 0 Å². The number of benzene rings is 1. The normalized spacial score (nSPS) is 27.3. The Labute approximate surface area is 99.5 Å². The topological polar surface area (TPSA) is 35.2 Å². The van der Waals surface area contributed by atoms with E-state index in [-0.39, 0.29) is 22.6 Å². The predicted molar refractivity (Wildman–Crippen MR) is 62.2 cm³/mol. The molecule has 2 unspecified atom stereocenters. The van der Waals surface area contributed by atoms with Gasteiger partial charge in [-0.25, -0.2) is 4.39 Å². The average Bonchev–Trinajstić information content (AvgIpc) is 2.23. The maximum Gasteiger partial charge on any atom is 0.145 e. The molecule has 1 fully saturated rings. The Balaban J connectivity index is 2.08. The third-order valence-electron chi connectivity index (χ3n) is 3.42. The van der Waals surface area contributed by atoms with Gasteiger partial charge in [-0.1, -0.05) is 25.4 Å². The van der Waals surface area contributed by atoms with Crippen LogP contribution in [0, 0.1) is 11.2 Å². The molecule has 0 heterocycles. The zero-order valence-electron chi connectivity index (χ0n) is 9.34. The number of halogens is 2. The third-order valence-corrected chi connectivity index (χ3v) is 3.73. The van der Waals surface area contributed by atoms with Crippen LogP contribution in [-0.4, -0.2) is 12.1 Å². The van der Waals surface area contributed by atoms with E-state index in [1.54, 1.807) is 6.07 Å². The lowest BCUT2D eigenvalue weighted by atomic mass is 9.65. The molecule has 2 N–H and O–H groups in total. The summed E-state index contributed by atoms with van der Waals surface area (Å²) in [6.45, 7) is 4.11. The van der Waals surface area contributed by atoms with Crippen LogP contribution in [-0.2, 0) is 0 Å². The van der Waals surface area contributed by atoms with E-state index >= 15 is 0 Å². The first-order chi connectivity index (χ1) is 7.41. The molecule has 0 aromatic heterocycles. The summed E-state index contributed by atoms with van der Waals surface area (Å²) in [6.07, 6.45) is 0.847. The molecular formula is C12H15ClFNO. The second kappa shape index (κ2) is 3.90. The number of hydrogen-bond donors (Lipinski definition) is 1. The van der Waals surface area contributed by atoms with E-state index in [1.807, 2.05) is 0 Å². The predicted octanol–water partition coefficient (Wildman–Crippen LogP) is 2.98. The highest BCUT2D eigenvalue weighted by Crippen LogP contribution is 2.41. The molecule has 0 aliphatic heterocycles. The monoisotopic (exact) mass is 243 g/mol. The van der Waals surface area contributed by atoms with Gasteiger partial charge in [0.2, 0.25) is 0 Å². The van der Waals surface area contributed by atoms with Crippen molar-refractivity contribution in [3.63, 3.8) is 0 Å². The van der Waals surface area contributed by atoms with Crippen molar-refractivity contribution < 1.29 is 9.13 Å². The molecule has 0 spiro atoms. The summed E-state index contributed by atoms with van der Waals surface area (Å²) in [7, 11) is 0. The van der Waals surface area contributed by atoms with Crippen LogP contribution in [0.5, 0.6) is 5.75 Å². The Kier molecular flexibility index (Phi) is 2.84. The summed E-state index contributed by atoms with van der Waals surface area (Å²) in [5.74, 6) is 0.0486. The summed E-state index contributed by atoms with van der Waals surface area (Å²) in [5, 5.41) is 0.108. The summed E-state index contributed by atoms with van der Waals surface area (Å²) in [5.41, 5.74) is 5.82. The van der Waals surface area contributed by atoms with Gasteiger partial charge in [0.25, 0.3) is 0 Å². The standard InChI is InChI=1S/C12H15ClFNO/c1-12(2)10(15)6-11(12)16-7-3-4-8(13)9(14)5-7/h3-5,10-11H,6,15H2,1-2H3. The molecular weight excluding hydrogens is 229 g/mol. The van der Waals surface area contributed by atoms with Crippen LogP contribution >= 0.6 is 11.6 Å². The van der Waals surface area contributed by atoms with Crippen LogP contribution in [0.1, 0.15) is 20.3 Å². The Morgan fingerprint density at radius 2 is 2.19 bits per heavy atom. The molecule has 2 nitrogen and oxygen atoms in total. The fraction of sp³-hybridized carbons (Fsp3) is 0.500. The Morgan fingerprint density at radius 3 is 2.69 bits per heavy atom. The Morgan fingerprint density at radius 1 is 1.50 bits per heavy atom. The lowest BCUT2D eigenvalue weighted by Crippen LogP contribution is -2.60. The lowest BCUT2D eigenvalue weighted by molar-refractivity contribution is -0.0401. The van der Waals surface area contributed by atoms with Crippen LogP contribution < -0.4 is 10.5 Å². The number of rotatable bonds is 2. The van der Waals surface area contributed by atoms with Gasteiger partial charge < -0.3 is 10.5 Å². The minimum Gasteiger partial charge on any atom is -0.490 e. The molecule has 1 aromatic carbocycles. The van der Waals surface area contributed by atoms with Crippen molar-refractivity contribution in [3.05, 3.63) is 29.0 Å². The molecule has 0 bridgehead atoms. The maximum absolute atomic E-state index is 13.2. The average molecular weight is 244 g/mol. The zero-order chi connectivity index (χ0) is 11.9. The molecule has 4 heteroatoms. The van der Waals surface area contributed by atoms with E-state index < -0.39 is 5.82 Å². The van der Waals surface area contributed by atoms with Gasteiger partial charge in [0.15, 0.2) is 0 Å². The quantitative estimate of drug-likeness (QED) is 0.867. The van der Waals surface area contributed by atoms with Crippen molar-refractivity contribution in [2.24, 2.45) is 11.1 Å². The number of hydrogen-bond acceptors (Lipinski definition) is 2. The first-order valence-electron chi connectivity index (χ1n) is 5.28. The highest BCUT2D eigenvalue weighted by atomic mass is 35.5. The van der Waals surface area contributed by atoms with E-state index in [2.05, 4.69) is 13.8 Å². The fourth-order valence-corrected chi connectivity index (χ4v) is 1.95. The zero-order valence-corrected chi connectivity index (χ0v) is 10.1. The summed E-state index contributed by atoms with van der Waals surface area (Å²) >= 11 is 5.59. The van der Waals surface area contributed by atoms with Gasteiger partial charge in [-0.15, -0.1) is 0 Å². The second-order valence-electron chi connectivity index (χ2n) is 4.85. The molecule has 0 radical (unpaired) electrons. The van der Waals surface area contributed by atoms with E-state index in [9.17, 15) is 4.39 Å². The van der Waals surface area contributed by atoms with E-state index in [0.717, 1.165) is 6.42 Å². The largest absolute Gasteiger partial charge is 0.490 e. The highest BCUT2D eigenvalue weighted by molar-refractivity contribution is 6.30. The van der Waals surface area contributed by atoms with Crippen molar-refractivity contribution in [1.82, 2.24) is 0 Å². The first-order valence-corrected chi connectivity index (χ1v) is 5.66. The molecule has 1 aromatic rings. The van der Waals surface area contributed by atoms with Crippen LogP contribution in [0.4, 0.5) is 4.39 Å². The molecule has 16 heavy (non-hydrogen) atoms. The van der Waals surface area contributed by atoms with Gasteiger partial charge in [-0.3, -0.25) is 0 Å². The SMILES string of the molecule is CC1(C)C(N)CC1Oc1ccc(Cl)c(F)c1. The summed E-state index contributed by atoms with van der Waals surface area (Å²) in [4.78, 5) is 0. The van der Waals surface area contributed by atoms with Gasteiger partial charge in [-0.05, 0) is 12.1 Å². The van der Waals surface area contributed by atoms with Crippen molar-refractivity contribution in [2.45, 2.75) is 32.4 Å². The van der Waals surface area contributed by atoms with Crippen molar-refractivity contribution >= 4 is 11.6 Å². The Hall–Kier alpha value is -0.800. The second-order valence-corrected chi connectivity index (χ2v) is 5.25. The van der Waals surface area contributed by atoms with E-state index in [0.29, 0.717) is 5.75 Å². The molecule has 0 amide bonds. The first kappa shape index (κ1) is 11.7. The molecule has 2 atom stereocenters. The van der Waals surface area contributed by atoms with Crippen molar-refractivity contribution in [1.29, 1.82) is 0 Å². The summed E-state index contributed by atoms with van der Waals surface area (Å²) in [6, 6.07) is 4.63. The van der Waals surface area contributed by atoms with Crippen LogP contribution in [0.3, 0.4) is 0 Å². The van der Waals surface area contributed by atoms with Crippen molar-refractivity contribution in [3.8, 4) is 5.75 Å². The van der Waals surface area contributed by atoms with Gasteiger partial charge >= 0.3 is 0 Å². The molecule has 1 saturated carbocycles. The van der Waals surface area contributed by atoms with Crippen LogP contribution in [0.2, 0.25) is 5.02 Å². The molecule has 88 valence electrons. The maximum atomic E-state index is 13.2. The molecule has 2 rings (SSSR count). The van der Waals surface area contributed by atoms with Crippen LogP contribution in [0.15, 0.2) is 18.2 Å².